The Hall–Kier alpha value is -4.90. The number of nitrogens with two attached hydrogens (primary N) is 1. The normalized spacial score (nSPS) is 13.8. The van der Waals surface area contributed by atoms with Crippen LogP contribution in [0.2, 0.25) is 0 Å². The molecular formula is C38H44N4O6. The van der Waals surface area contributed by atoms with Crippen LogP contribution in [-0.2, 0) is 16.0 Å². The summed E-state index contributed by atoms with van der Waals surface area (Å²) in [5.41, 5.74) is 10.9. The molecule has 0 saturated carbocycles. The lowest BCUT2D eigenvalue weighted by atomic mass is 9.94. The molecule has 48 heavy (non-hydrogen) atoms. The molecular weight excluding hydrogens is 608 g/mol. The summed E-state index contributed by atoms with van der Waals surface area (Å²) < 4.78 is 30.1. The van der Waals surface area contributed by atoms with Gasteiger partial charge in [-0.15, -0.1) is 0 Å². The smallest absolute Gasteiger partial charge is 0.251 e. The molecule has 3 N–H and O–H groups in total. The number of imidazole rings is 1. The van der Waals surface area contributed by atoms with Crippen LogP contribution < -0.4 is 25.3 Å². The number of ether oxygens (including phenoxy) is 5. The number of nitrogens with one attached hydrogen (secondary N) is 1. The number of aromatic nitrogens is 2. The number of nitrogens with zero attached hydrogens (tertiary/aromatic N) is 2. The lowest BCUT2D eigenvalue weighted by molar-refractivity contribution is 0.0511. The zero-order chi connectivity index (χ0) is 33.7. The van der Waals surface area contributed by atoms with Crippen LogP contribution >= 0.6 is 0 Å². The number of hydrogen-bond acceptors (Lipinski definition) is 8. The molecule has 252 valence electrons. The summed E-state index contributed by atoms with van der Waals surface area (Å²) in [5, 5.41) is 2.92. The molecule has 0 saturated heterocycles. The highest BCUT2D eigenvalue weighted by Crippen LogP contribution is 2.43. The molecule has 10 heteroatoms. The maximum absolute atomic E-state index is 12.9. The highest BCUT2D eigenvalue weighted by atomic mass is 16.5. The first-order chi connectivity index (χ1) is 23.6. The standard InChI is InChI=1S/C38H44N4O6/c1-44-32-24-31(25-33(45-2)36(32)46-3)37-41-34(28-10-6-4-7-11-28)35(29-12-8-5-9-13-29)42(37)26-27-14-16-30(17-15-27)38(43)40-19-21-48-23-22-47-20-18-39/h4-10,12-17,24-25,28H,11,18-23,26,39H2,1-3H3,(H,40,43). The number of carbonyl (C=O) groups is 1. The Morgan fingerprint density at radius 3 is 2.21 bits per heavy atom. The van der Waals surface area contributed by atoms with E-state index in [0.29, 0.717) is 68.9 Å². The molecule has 3 aromatic carbocycles. The van der Waals surface area contributed by atoms with Gasteiger partial charge in [0.25, 0.3) is 5.91 Å². The lowest BCUT2D eigenvalue weighted by Crippen LogP contribution is -2.27. The number of allylic oxidation sites excluding steroid dienone is 4. The summed E-state index contributed by atoms with van der Waals surface area (Å²) in [5.74, 6) is 2.32. The monoisotopic (exact) mass is 652 g/mol. The van der Waals surface area contributed by atoms with Gasteiger partial charge >= 0.3 is 0 Å². The van der Waals surface area contributed by atoms with Gasteiger partial charge in [0, 0.05) is 42.2 Å². The summed E-state index contributed by atoms with van der Waals surface area (Å²) in [4.78, 5) is 18.2. The fourth-order valence-corrected chi connectivity index (χ4v) is 5.69. The van der Waals surface area contributed by atoms with Crippen LogP contribution in [0.1, 0.15) is 34.0 Å². The molecule has 0 radical (unpaired) electrons. The van der Waals surface area contributed by atoms with Gasteiger partial charge in [-0.05, 0) is 36.2 Å². The van der Waals surface area contributed by atoms with E-state index in [-0.39, 0.29) is 11.8 Å². The van der Waals surface area contributed by atoms with Crippen molar-refractivity contribution in [3.63, 3.8) is 0 Å². The van der Waals surface area contributed by atoms with E-state index in [1.807, 2.05) is 54.6 Å². The molecule has 4 aromatic rings. The molecule has 1 heterocycles. The van der Waals surface area contributed by atoms with E-state index >= 15 is 0 Å². The molecule has 0 aliphatic heterocycles. The van der Waals surface area contributed by atoms with E-state index in [9.17, 15) is 4.79 Å². The molecule has 0 spiro atoms. The first kappa shape index (κ1) is 34.4. The molecule has 1 aliphatic carbocycles. The second-order valence-corrected chi connectivity index (χ2v) is 11.2. The van der Waals surface area contributed by atoms with Gasteiger partial charge < -0.3 is 39.3 Å². The molecule has 1 amide bonds. The third kappa shape index (κ3) is 8.32. The second-order valence-electron chi connectivity index (χ2n) is 11.2. The van der Waals surface area contributed by atoms with Crippen molar-refractivity contribution in [1.29, 1.82) is 0 Å². The minimum atomic E-state index is -0.158. The first-order valence-electron chi connectivity index (χ1n) is 16.1. The average Bonchev–Trinajstić information content (AvgIpc) is 3.51. The maximum Gasteiger partial charge on any atom is 0.251 e. The van der Waals surface area contributed by atoms with E-state index in [4.69, 9.17) is 34.4 Å². The topological polar surface area (TPSA) is 119 Å². The van der Waals surface area contributed by atoms with Gasteiger partial charge in [-0.2, -0.15) is 0 Å². The van der Waals surface area contributed by atoms with Gasteiger partial charge in [0.1, 0.15) is 5.82 Å². The van der Waals surface area contributed by atoms with Gasteiger partial charge in [0.2, 0.25) is 5.75 Å². The van der Waals surface area contributed by atoms with Crippen molar-refractivity contribution in [2.24, 2.45) is 5.73 Å². The second kappa shape index (κ2) is 17.3. The minimum Gasteiger partial charge on any atom is -0.493 e. The fraction of sp³-hybridized carbons (Fsp3) is 0.316. The van der Waals surface area contributed by atoms with Crippen molar-refractivity contribution in [3.8, 4) is 39.9 Å². The summed E-state index contributed by atoms with van der Waals surface area (Å²) in [6.07, 6.45) is 9.37. The zero-order valence-corrected chi connectivity index (χ0v) is 27.8. The Kier molecular flexibility index (Phi) is 12.4. The van der Waals surface area contributed by atoms with E-state index in [2.05, 4.69) is 46.3 Å². The molecule has 1 atom stereocenters. The van der Waals surface area contributed by atoms with Gasteiger partial charge in [-0.25, -0.2) is 4.98 Å². The number of rotatable bonds is 17. The quantitative estimate of drug-likeness (QED) is 0.141. The van der Waals surface area contributed by atoms with Crippen molar-refractivity contribution < 1.29 is 28.5 Å². The number of hydrogen-bond donors (Lipinski definition) is 2. The van der Waals surface area contributed by atoms with Crippen LogP contribution in [-0.4, -0.2) is 76.3 Å². The van der Waals surface area contributed by atoms with Crippen LogP contribution in [0.25, 0.3) is 22.6 Å². The molecule has 10 nitrogen and oxygen atoms in total. The summed E-state index contributed by atoms with van der Waals surface area (Å²) in [7, 11) is 4.81. The number of carbonyl (C=O) groups excluding carboxylic acids is 1. The summed E-state index contributed by atoms with van der Waals surface area (Å²) in [6, 6.07) is 21.8. The molecule has 1 unspecified atom stereocenters. The molecule has 1 aromatic heterocycles. The predicted molar refractivity (Wildman–Crippen MR) is 187 cm³/mol. The van der Waals surface area contributed by atoms with Gasteiger partial charge in [-0.3, -0.25) is 4.79 Å². The maximum atomic E-state index is 12.9. The van der Waals surface area contributed by atoms with E-state index in [1.165, 1.54) is 0 Å². The fourth-order valence-electron chi connectivity index (χ4n) is 5.69. The Labute approximate surface area is 282 Å². The van der Waals surface area contributed by atoms with Gasteiger partial charge in [-0.1, -0.05) is 66.8 Å². The zero-order valence-electron chi connectivity index (χ0n) is 27.8. The Bertz CT molecular complexity index is 1670. The summed E-state index contributed by atoms with van der Waals surface area (Å²) in [6.45, 7) is 3.24. The predicted octanol–water partition coefficient (Wildman–Crippen LogP) is 5.61. The van der Waals surface area contributed by atoms with Crippen molar-refractivity contribution >= 4 is 5.91 Å². The number of benzene rings is 3. The third-order valence-electron chi connectivity index (χ3n) is 8.02. The SMILES string of the molecule is COc1cc(-c2nc(C3C=CC=CC3)c(-c3ccccc3)n2Cc2ccc(C(=O)NCCOCCOCCN)cc2)cc(OC)c1OC. The highest BCUT2D eigenvalue weighted by Gasteiger charge is 2.26. The van der Waals surface area contributed by atoms with E-state index in [0.717, 1.165) is 40.3 Å². The first-order valence-corrected chi connectivity index (χ1v) is 16.1. The largest absolute Gasteiger partial charge is 0.493 e. The molecule has 1 aliphatic rings. The van der Waals surface area contributed by atoms with Crippen molar-refractivity contribution in [2.45, 2.75) is 18.9 Å². The molecule has 0 fully saturated rings. The van der Waals surface area contributed by atoms with E-state index < -0.39 is 0 Å². The van der Waals surface area contributed by atoms with Gasteiger partial charge in [0.05, 0.1) is 59.1 Å². The van der Waals surface area contributed by atoms with Crippen molar-refractivity contribution in [2.75, 3.05) is 60.8 Å². The Balaban J connectivity index is 1.47. The highest BCUT2D eigenvalue weighted by molar-refractivity contribution is 5.94. The van der Waals surface area contributed by atoms with Crippen LogP contribution in [0.4, 0.5) is 0 Å². The summed E-state index contributed by atoms with van der Waals surface area (Å²) >= 11 is 0. The van der Waals surface area contributed by atoms with Crippen LogP contribution in [0.15, 0.2) is 91.0 Å². The number of methoxy groups -OCH3 is 3. The lowest BCUT2D eigenvalue weighted by Gasteiger charge is -2.17. The van der Waals surface area contributed by atoms with E-state index in [1.54, 1.807) is 21.3 Å². The molecule has 0 bridgehead atoms. The Morgan fingerprint density at radius 1 is 0.875 bits per heavy atom. The minimum absolute atomic E-state index is 0.0979. The molecule has 5 rings (SSSR count). The van der Waals surface area contributed by atoms with Crippen LogP contribution in [0.3, 0.4) is 0 Å². The van der Waals surface area contributed by atoms with Crippen molar-refractivity contribution in [3.05, 3.63) is 108 Å². The Morgan fingerprint density at radius 2 is 1.58 bits per heavy atom. The third-order valence-corrected chi connectivity index (χ3v) is 8.02. The van der Waals surface area contributed by atoms with Crippen molar-refractivity contribution in [1.82, 2.24) is 14.9 Å². The van der Waals surface area contributed by atoms with Gasteiger partial charge in [0.15, 0.2) is 11.5 Å². The van der Waals surface area contributed by atoms with Crippen LogP contribution in [0.5, 0.6) is 17.2 Å². The van der Waals surface area contributed by atoms with Crippen LogP contribution in [0, 0.1) is 0 Å². The number of amides is 1. The average molecular weight is 653 g/mol.